The Kier molecular flexibility index (Phi) is 7.75. The molecule has 0 aliphatic carbocycles. The first-order valence-electron chi connectivity index (χ1n) is 10.0. The maximum absolute atomic E-state index is 12.5. The molecule has 0 aliphatic heterocycles. The van der Waals surface area contributed by atoms with Crippen LogP contribution in [-0.4, -0.2) is 45.9 Å². The van der Waals surface area contributed by atoms with Gasteiger partial charge in [-0.1, -0.05) is 18.2 Å². The Morgan fingerprint density at radius 1 is 0.875 bits per heavy atom. The summed E-state index contributed by atoms with van der Waals surface area (Å²) >= 11 is 0. The van der Waals surface area contributed by atoms with E-state index >= 15 is 0 Å². The molecule has 3 rings (SSSR count). The van der Waals surface area contributed by atoms with Crippen molar-refractivity contribution in [2.75, 3.05) is 40.3 Å². The van der Waals surface area contributed by atoms with Gasteiger partial charge in [-0.3, -0.25) is 4.79 Å². The summed E-state index contributed by atoms with van der Waals surface area (Å²) in [5, 5.41) is 6.08. The number of hydrogen-bond acceptors (Lipinski definition) is 7. The van der Waals surface area contributed by atoms with Crippen LogP contribution in [0.4, 0.5) is 11.5 Å². The smallest absolute Gasteiger partial charge is 0.269 e. The molecule has 2 N–H and O–H groups in total. The third-order valence-corrected chi connectivity index (χ3v) is 4.78. The molecule has 1 amide bonds. The fraction of sp³-hybridized carbons (Fsp3) is 0.250. The van der Waals surface area contributed by atoms with Crippen LogP contribution in [0, 0.1) is 0 Å². The van der Waals surface area contributed by atoms with Gasteiger partial charge in [0.15, 0.2) is 11.5 Å². The molecule has 1 aromatic heterocycles. The fourth-order valence-electron chi connectivity index (χ4n) is 3.14. The molecule has 32 heavy (non-hydrogen) atoms. The van der Waals surface area contributed by atoms with Crippen molar-refractivity contribution in [1.29, 1.82) is 0 Å². The summed E-state index contributed by atoms with van der Waals surface area (Å²) in [4.78, 5) is 17.0. The third-order valence-electron chi connectivity index (χ3n) is 4.78. The SMILES string of the molecule is COc1ccc(CCNC(=O)c2cccc(Nc3cc(OC)c(OC)c(OC)c3)n2)cc1. The number of anilines is 2. The first-order valence-corrected chi connectivity index (χ1v) is 10.0. The van der Waals surface area contributed by atoms with E-state index in [9.17, 15) is 4.79 Å². The number of methoxy groups -OCH3 is 4. The number of nitrogens with one attached hydrogen (secondary N) is 2. The van der Waals surface area contributed by atoms with Crippen molar-refractivity contribution >= 4 is 17.4 Å². The zero-order valence-electron chi connectivity index (χ0n) is 18.6. The number of nitrogens with zero attached hydrogens (tertiary/aromatic N) is 1. The maximum Gasteiger partial charge on any atom is 0.269 e. The number of carbonyl (C=O) groups excluding carboxylic acids is 1. The van der Waals surface area contributed by atoms with E-state index in [0.29, 0.717) is 47.4 Å². The van der Waals surface area contributed by atoms with Crippen molar-refractivity contribution in [1.82, 2.24) is 10.3 Å². The van der Waals surface area contributed by atoms with Gasteiger partial charge in [0.25, 0.3) is 5.91 Å². The van der Waals surface area contributed by atoms with Crippen molar-refractivity contribution in [2.24, 2.45) is 0 Å². The number of hydrogen-bond donors (Lipinski definition) is 2. The summed E-state index contributed by atoms with van der Waals surface area (Å²) in [5.74, 6) is 2.61. The van der Waals surface area contributed by atoms with Crippen LogP contribution in [0.15, 0.2) is 54.6 Å². The second-order valence-electron chi connectivity index (χ2n) is 6.80. The topological polar surface area (TPSA) is 90.9 Å². The lowest BCUT2D eigenvalue weighted by atomic mass is 10.1. The number of ether oxygens (including phenoxy) is 4. The van der Waals surface area contributed by atoms with E-state index in [-0.39, 0.29) is 5.91 Å². The van der Waals surface area contributed by atoms with Gasteiger partial charge in [0.05, 0.1) is 28.4 Å². The molecule has 3 aromatic rings. The molecule has 0 radical (unpaired) electrons. The van der Waals surface area contributed by atoms with Gasteiger partial charge >= 0.3 is 0 Å². The Morgan fingerprint density at radius 2 is 1.56 bits per heavy atom. The Morgan fingerprint density at radius 3 is 2.16 bits per heavy atom. The second kappa shape index (κ2) is 10.9. The molecule has 2 aromatic carbocycles. The first kappa shape index (κ1) is 22.7. The largest absolute Gasteiger partial charge is 0.497 e. The second-order valence-corrected chi connectivity index (χ2v) is 6.80. The summed E-state index contributed by atoms with van der Waals surface area (Å²) in [6, 6.07) is 16.5. The lowest BCUT2D eigenvalue weighted by molar-refractivity contribution is 0.0949. The molecule has 0 atom stereocenters. The fourth-order valence-corrected chi connectivity index (χ4v) is 3.14. The predicted molar refractivity (Wildman–Crippen MR) is 123 cm³/mol. The summed E-state index contributed by atoms with van der Waals surface area (Å²) in [7, 11) is 6.28. The highest BCUT2D eigenvalue weighted by atomic mass is 16.5. The normalized spacial score (nSPS) is 10.2. The van der Waals surface area contributed by atoms with Gasteiger partial charge in [0, 0.05) is 24.4 Å². The molecule has 0 saturated heterocycles. The molecule has 0 aliphatic rings. The van der Waals surface area contributed by atoms with Crippen LogP contribution in [0.5, 0.6) is 23.0 Å². The zero-order valence-corrected chi connectivity index (χ0v) is 18.6. The van der Waals surface area contributed by atoms with Crippen LogP contribution in [0.1, 0.15) is 16.1 Å². The summed E-state index contributed by atoms with van der Waals surface area (Å²) in [6.07, 6.45) is 0.707. The Bertz CT molecular complexity index is 1030. The Labute approximate surface area is 187 Å². The highest BCUT2D eigenvalue weighted by molar-refractivity contribution is 5.92. The predicted octanol–water partition coefficient (Wildman–Crippen LogP) is 3.83. The number of pyridine rings is 1. The number of rotatable bonds is 10. The van der Waals surface area contributed by atoms with Gasteiger partial charge in [-0.2, -0.15) is 0 Å². The summed E-state index contributed by atoms with van der Waals surface area (Å²) < 4.78 is 21.3. The Balaban J connectivity index is 1.65. The molecule has 8 heteroatoms. The van der Waals surface area contributed by atoms with E-state index < -0.39 is 0 Å². The average Bonchev–Trinajstić information content (AvgIpc) is 2.83. The van der Waals surface area contributed by atoms with Crippen LogP contribution >= 0.6 is 0 Å². The van der Waals surface area contributed by atoms with Crippen molar-refractivity contribution in [3.8, 4) is 23.0 Å². The molecular formula is C24H27N3O5. The quantitative estimate of drug-likeness (QED) is 0.498. The van der Waals surface area contributed by atoms with Crippen molar-refractivity contribution < 1.29 is 23.7 Å². The minimum Gasteiger partial charge on any atom is -0.497 e. The standard InChI is InChI=1S/C24H27N3O5/c1-29-18-10-8-16(9-11-18)12-13-25-24(28)19-6-5-7-22(27-19)26-17-14-20(30-2)23(32-4)21(15-17)31-3/h5-11,14-15H,12-13H2,1-4H3,(H,25,28)(H,26,27). The summed E-state index contributed by atoms with van der Waals surface area (Å²) in [5.41, 5.74) is 2.11. The van der Waals surface area contributed by atoms with E-state index in [0.717, 1.165) is 11.3 Å². The van der Waals surface area contributed by atoms with Gasteiger partial charge in [0.1, 0.15) is 17.3 Å². The maximum atomic E-state index is 12.5. The van der Waals surface area contributed by atoms with Gasteiger partial charge in [0.2, 0.25) is 5.75 Å². The van der Waals surface area contributed by atoms with Gasteiger partial charge in [-0.25, -0.2) is 4.98 Å². The lowest BCUT2D eigenvalue weighted by Crippen LogP contribution is -2.26. The number of benzene rings is 2. The van der Waals surface area contributed by atoms with Crippen LogP contribution in [-0.2, 0) is 6.42 Å². The molecule has 0 saturated carbocycles. The van der Waals surface area contributed by atoms with Gasteiger partial charge in [-0.05, 0) is 36.2 Å². The Hall–Kier alpha value is -3.94. The molecule has 0 unspecified atom stereocenters. The molecular weight excluding hydrogens is 410 g/mol. The van der Waals surface area contributed by atoms with Gasteiger partial charge in [-0.15, -0.1) is 0 Å². The van der Waals surface area contributed by atoms with E-state index in [1.807, 2.05) is 24.3 Å². The molecule has 0 fully saturated rings. The zero-order chi connectivity index (χ0) is 22.9. The summed E-state index contributed by atoms with van der Waals surface area (Å²) in [6.45, 7) is 0.497. The van der Waals surface area contributed by atoms with Crippen LogP contribution in [0.3, 0.4) is 0 Å². The van der Waals surface area contributed by atoms with Crippen LogP contribution in [0.2, 0.25) is 0 Å². The molecule has 8 nitrogen and oxygen atoms in total. The first-order chi connectivity index (χ1) is 15.6. The number of aromatic nitrogens is 1. The molecule has 0 spiro atoms. The molecule has 168 valence electrons. The molecule has 0 bridgehead atoms. The highest BCUT2D eigenvalue weighted by Crippen LogP contribution is 2.40. The van der Waals surface area contributed by atoms with E-state index in [1.165, 1.54) is 0 Å². The number of amides is 1. The van der Waals surface area contributed by atoms with Crippen LogP contribution in [0.25, 0.3) is 0 Å². The third kappa shape index (κ3) is 5.60. The van der Waals surface area contributed by atoms with E-state index in [2.05, 4.69) is 15.6 Å². The van der Waals surface area contributed by atoms with E-state index in [4.69, 9.17) is 18.9 Å². The highest BCUT2D eigenvalue weighted by Gasteiger charge is 2.14. The monoisotopic (exact) mass is 437 g/mol. The van der Waals surface area contributed by atoms with Gasteiger partial charge < -0.3 is 29.6 Å². The number of carbonyl (C=O) groups is 1. The molecule has 1 heterocycles. The van der Waals surface area contributed by atoms with Crippen molar-refractivity contribution in [3.05, 3.63) is 65.9 Å². The minimum atomic E-state index is -0.243. The van der Waals surface area contributed by atoms with Crippen molar-refractivity contribution in [2.45, 2.75) is 6.42 Å². The minimum absolute atomic E-state index is 0.243. The van der Waals surface area contributed by atoms with Crippen molar-refractivity contribution in [3.63, 3.8) is 0 Å². The average molecular weight is 437 g/mol. The van der Waals surface area contributed by atoms with Crippen LogP contribution < -0.4 is 29.6 Å². The van der Waals surface area contributed by atoms with E-state index in [1.54, 1.807) is 58.8 Å². The lowest BCUT2D eigenvalue weighted by Gasteiger charge is -2.15.